The minimum atomic E-state index is -0.0902. The molecule has 1 aromatic heterocycles. The molecular formula is C15H18BrN3O. The SMILES string of the molecule is Cc1nn(C)c(C)c1[C@@H](C)NC(=O)c1ccccc1Br. The standard InChI is InChI=1S/C15H18BrN3O/c1-9(14-10(2)18-19(4)11(14)3)17-15(20)12-7-5-6-8-13(12)16/h5-9H,1-4H3,(H,17,20)/t9-/m1/s1. The van der Waals surface area contributed by atoms with Crippen LogP contribution in [0.1, 0.15) is 40.3 Å². The molecule has 0 saturated heterocycles. The molecule has 4 nitrogen and oxygen atoms in total. The lowest BCUT2D eigenvalue weighted by Crippen LogP contribution is -2.27. The van der Waals surface area contributed by atoms with E-state index in [1.165, 1.54) is 0 Å². The first-order valence-corrected chi connectivity index (χ1v) is 7.26. The van der Waals surface area contributed by atoms with Crippen LogP contribution in [-0.4, -0.2) is 15.7 Å². The summed E-state index contributed by atoms with van der Waals surface area (Å²) < 4.78 is 2.63. The average Bonchev–Trinajstić information content (AvgIpc) is 2.63. The van der Waals surface area contributed by atoms with E-state index in [1.54, 1.807) is 6.07 Å². The first-order valence-electron chi connectivity index (χ1n) is 6.47. The van der Waals surface area contributed by atoms with Crippen LogP contribution in [0.2, 0.25) is 0 Å². The third-order valence-electron chi connectivity index (χ3n) is 3.46. The quantitative estimate of drug-likeness (QED) is 0.935. The molecule has 1 amide bonds. The van der Waals surface area contributed by atoms with Gasteiger partial charge in [-0.2, -0.15) is 5.10 Å². The monoisotopic (exact) mass is 335 g/mol. The van der Waals surface area contributed by atoms with Gasteiger partial charge in [-0.1, -0.05) is 12.1 Å². The first-order chi connectivity index (χ1) is 9.41. The molecule has 0 radical (unpaired) electrons. The Hall–Kier alpha value is -1.62. The van der Waals surface area contributed by atoms with Gasteiger partial charge < -0.3 is 5.32 Å². The van der Waals surface area contributed by atoms with Crippen LogP contribution in [0.25, 0.3) is 0 Å². The lowest BCUT2D eigenvalue weighted by Gasteiger charge is -2.15. The maximum absolute atomic E-state index is 12.3. The number of aromatic nitrogens is 2. The van der Waals surface area contributed by atoms with Crippen molar-refractivity contribution in [3.05, 3.63) is 51.3 Å². The van der Waals surface area contributed by atoms with Gasteiger partial charge in [0.25, 0.3) is 5.91 Å². The van der Waals surface area contributed by atoms with Crippen molar-refractivity contribution in [2.45, 2.75) is 26.8 Å². The van der Waals surface area contributed by atoms with E-state index in [0.717, 1.165) is 21.4 Å². The second kappa shape index (κ2) is 5.79. The fourth-order valence-electron chi connectivity index (χ4n) is 2.41. The summed E-state index contributed by atoms with van der Waals surface area (Å²) in [6.45, 7) is 5.95. The van der Waals surface area contributed by atoms with E-state index in [4.69, 9.17) is 0 Å². The number of nitrogens with one attached hydrogen (secondary N) is 1. The Labute approximate surface area is 127 Å². The van der Waals surface area contributed by atoms with E-state index in [0.29, 0.717) is 5.56 Å². The molecule has 0 aliphatic rings. The van der Waals surface area contributed by atoms with Gasteiger partial charge in [-0.05, 0) is 48.8 Å². The van der Waals surface area contributed by atoms with Crippen molar-refractivity contribution in [3.8, 4) is 0 Å². The van der Waals surface area contributed by atoms with Gasteiger partial charge in [0.15, 0.2) is 0 Å². The van der Waals surface area contributed by atoms with Crippen LogP contribution in [0, 0.1) is 13.8 Å². The summed E-state index contributed by atoms with van der Waals surface area (Å²) in [4.78, 5) is 12.3. The number of amides is 1. The van der Waals surface area contributed by atoms with Crippen LogP contribution in [0.5, 0.6) is 0 Å². The van der Waals surface area contributed by atoms with Crippen LogP contribution >= 0.6 is 15.9 Å². The molecule has 1 N–H and O–H groups in total. The van der Waals surface area contributed by atoms with Crippen LogP contribution in [0.3, 0.4) is 0 Å². The highest BCUT2D eigenvalue weighted by atomic mass is 79.9. The molecule has 1 aromatic carbocycles. The van der Waals surface area contributed by atoms with Crippen molar-refractivity contribution < 1.29 is 4.79 Å². The molecule has 0 aliphatic heterocycles. The highest BCUT2D eigenvalue weighted by Gasteiger charge is 2.19. The molecule has 0 aliphatic carbocycles. The van der Waals surface area contributed by atoms with E-state index >= 15 is 0 Å². The lowest BCUT2D eigenvalue weighted by molar-refractivity contribution is 0.0939. The molecule has 0 unspecified atom stereocenters. The summed E-state index contributed by atoms with van der Waals surface area (Å²) >= 11 is 3.40. The number of nitrogens with zero attached hydrogens (tertiary/aromatic N) is 2. The second-order valence-electron chi connectivity index (χ2n) is 4.88. The van der Waals surface area contributed by atoms with Gasteiger partial charge in [0.05, 0.1) is 17.3 Å². The summed E-state index contributed by atoms with van der Waals surface area (Å²) in [5.41, 5.74) is 3.74. The van der Waals surface area contributed by atoms with Gasteiger partial charge in [0, 0.05) is 22.8 Å². The maximum atomic E-state index is 12.3. The molecule has 0 saturated carbocycles. The Bertz CT molecular complexity index is 649. The van der Waals surface area contributed by atoms with Crippen molar-refractivity contribution >= 4 is 21.8 Å². The van der Waals surface area contributed by atoms with Gasteiger partial charge in [-0.3, -0.25) is 9.48 Å². The van der Waals surface area contributed by atoms with Crippen LogP contribution in [0.4, 0.5) is 0 Å². The Kier molecular flexibility index (Phi) is 4.28. The fraction of sp³-hybridized carbons (Fsp3) is 0.333. The Morgan fingerprint density at radius 2 is 2.00 bits per heavy atom. The smallest absolute Gasteiger partial charge is 0.252 e. The van der Waals surface area contributed by atoms with E-state index in [1.807, 2.05) is 50.7 Å². The van der Waals surface area contributed by atoms with Gasteiger partial charge in [-0.25, -0.2) is 0 Å². The number of benzene rings is 1. The van der Waals surface area contributed by atoms with Gasteiger partial charge in [-0.15, -0.1) is 0 Å². The predicted molar refractivity (Wildman–Crippen MR) is 82.7 cm³/mol. The van der Waals surface area contributed by atoms with Crippen molar-refractivity contribution in [2.24, 2.45) is 7.05 Å². The molecule has 2 aromatic rings. The zero-order valence-electron chi connectivity index (χ0n) is 12.1. The Balaban J connectivity index is 2.22. The highest BCUT2D eigenvalue weighted by Crippen LogP contribution is 2.22. The summed E-state index contributed by atoms with van der Waals surface area (Å²) in [6.07, 6.45) is 0. The topological polar surface area (TPSA) is 46.9 Å². The molecule has 1 atom stereocenters. The minimum Gasteiger partial charge on any atom is -0.345 e. The molecule has 106 valence electrons. The van der Waals surface area contributed by atoms with E-state index in [9.17, 15) is 4.79 Å². The van der Waals surface area contributed by atoms with Crippen molar-refractivity contribution in [1.82, 2.24) is 15.1 Å². The van der Waals surface area contributed by atoms with Crippen molar-refractivity contribution in [3.63, 3.8) is 0 Å². The normalized spacial score (nSPS) is 12.2. The summed E-state index contributed by atoms with van der Waals surface area (Å²) in [5, 5.41) is 7.41. The number of rotatable bonds is 3. The van der Waals surface area contributed by atoms with E-state index in [2.05, 4.69) is 26.3 Å². The summed E-state index contributed by atoms with van der Waals surface area (Å²) in [6, 6.07) is 7.32. The van der Waals surface area contributed by atoms with Crippen LogP contribution < -0.4 is 5.32 Å². The zero-order valence-corrected chi connectivity index (χ0v) is 13.7. The van der Waals surface area contributed by atoms with E-state index < -0.39 is 0 Å². The molecule has 20 heavy (non-hydrogen) atoms. The maximum Gasteiger partial charge on any atom is 0.252 e. The van der Waals surface area contributed by atoms with Gasteiger partial charge in [0.2, 0.25) is 0 Å². The molecule has 0 fully saturated rings. The molecule has 0 spiro atoms. The van der Waals surface area contributed by atoms with Crippen molar-refractivity contribution in [1.29, 1.82) is 0 Å². The number of hydrogen-bond donors (Lipinski definition) is 1. The second-order valence-corrected chi connectivity index (χ2v) is 5.74. The van der Waals surface area contributed by atoms with Crippen LogP contribution in [-0.2, 0) is 7.05 Å². The summed E-state index contributed by atoms with van der Waals surface area (Å²) in [7, 11) is 1.91. The van der Waals surface area contributed by atoms with Gasteiger partial charge >= 0.3 is 0 Å². The Morgan fingerprint density at radius 3 is 2.55 bits per heavy atom. The fourth-order valence-corrected chi connectivity index (χ4v) is 2.87. The van der Waals surface area contributed by atoms with Gasteiger partial charge in [0.1, 0.15) is 0 Å². The highest BCUT2D eigenvalue weighted by molar-refractivity contribution is 9.10. The van der Waals surface area contributed by atoms with Crippen molar-refractivity contribution in [2.75, 3.05) is 0 Å². The largest absolute Gasteiger partial charge is 0.345 e. The molecule has 1 heterocycles. The average molecular weight is 336 g/mol. The summed E-state index contributed by atoms with van der Waals surface area (Å²) in [5.74, 6) is -0.0902. The molecule has 5 heteroatoms. The Morgan fingerprint density at radius 1 is 1.35 bits per heavy atom. The number of carbonyl (C=O) groups excluding carboxylic acids is 1. The molecular weight excluding hydrogens is 318 g/mol. The molecule has 0 bridgehead atoms. The number of hydrogen-bond acceptors (Lipinski definition) is 2. The number of carbonyl (C=O) groups is 1. The third kappa shape index (κ3) is 2.77. The molecule has 2 rings (SSSR count). The predicted octanol–water partition coefficient (Wildman–Crippen LogP) is 3.29. The number of aryl methyl sites for hydroxylation is 2. The number of halogens is 1. The van der Waals surface area contributed by atoms with E-state index in [-0.39, 0.29) is 11.9 Å². The minimum absolute atomic E-state index is 0.0803. The lowest BCUT2D eigenvalue weighted by atomic mass is 10.1. The van der Waals surface area contributed by atoms with Crippen LogP contribution in [0.15, 0.2) is 28.7 Å². The third-order valence-corrected chi connectivity index (χ3v) is 4.16. The first kappa shape index (κ1) is 14.8. The zero-order chi connectivity index (χ0) is 14.9.